The first-order valence-corrected chi connectivity index (χ1v) is 8.06. The molecule has 0 fully saturated rings. The SMILES string of the molecule is CCCN(CCC)CC(O)c1ccc(CC(C)C)cc1. The van der Waals surface area contributed by atoms with Crippen LogP contribution < -0.4 is 0 Å². The molecule has 0 saturated carbocycles. The van der Waals surface area contributed by atoms with E-state index in [1.54, 1.807) is 0 Å². The van der Waals surface area contributed by atoms with Crippen LogP contribution in [-0.2, 0) is 6.42 Å². The molecule has 1 atom stereocenters. The van der Waals surface area contributed by atoms with Crippen LogP contribution >= 0.6 is 0 Å². The van der Waals surface area contributed by atoms with Gasteiger partial charge in [-0.2, -0.15) is 0 Å². The lowest BCUT2D eigenvalue weighted by molar-refractivity contribution is 0.113. The fraction of sp³-hybridized carbons (Fsp3) is 0.667. The van der Waals surface area contributed by atoms with E-state index in [-0.39, 0.29) is 6.10 Å². The number of rotatable bonds is 9. The van der Waals surface area contributed by atoms with Crippen LogP contribution in [0.3, 0.4) is 0 Å². The van der Waals surface area contributed by atoms with Gasteiger partial charge in [0.15, 0.2) is 0 Å². The maximum absolute atomic E-state index is 10.4. The van der Waals surface area contributed by atoms with Crippen molar-refractivity contribution < 1.29 is 5.11 Å². The van der Waals surface area contributed by atoms with Crippen molar-refractivity contribution in [3.8, 4) is 0 Å². The molecule has 1 N–H and O–H groups in total. The van der Waals surface area contributed by atoms with Crippen LogP contribution in [0.5, 0.6) is 0 Å². The van der Waals surface area contributed by atoms with Crippen molar-refractivity contribution in [1.29, 1.82) is 0 Å². The summed E-state index contributed by atoms with van der Waals surface area (Å²) in [5, 5.41) is 10.4. The maximum atomic E-state index is 10.4. The Kier molecular flexibility index (Phi) is 7.86. The molecule has 0 radical (unpaired) electrons. The summed E-state index contributed by atoms with van der Waals surface area (Å²) in [5.74, 6) is 0.676. The Hall–Kier alpha value is -0.860. The summed E-state index contributed by atoms with van der Waals surface area (Å²) in [6.45, 7) is 11.7. The van der Waals surface area contributed by atoms with Crippen LogP contribution in [0.15, 0.2) is 24.3 Å². The minimum absolute atomic E-state index is 0.374. The quantitative estimate of drug-likeness (QED) is 0.736. The molecule has 1 aromatic carbocycles. The number of aliphatic hydroxyl groups is 1. The van der Waals surface area contributed by atoms with Gasteiger partial charge in [0.05, 0.1) is 6.10 Å². The first-order chi connectivity index (χ1) is 9.56. The van der Waals surface area contributed by atoms with Gasteiger partial charge in [0, 0.05) is 6.54 Å². The van der Waals surface area contributed by atoms with Gasteiger partial charge < -0.3 is 10.0 Å². The van der Waals surface area contributed by atoms with Crippen molar-refractivity contribution >= 4 is 0 Å². The van der Waals surface area contributed by atoms with E-state index < -0.39 is 0 Å². The van der Waals surface area contributed by atoms with Gasteiger partial charge in [-0.25, -0.2) is 0 Å². The largest absolute Gasteiger partial charge is 0.387 e. The topological polar surface area (TPSA) is 23.5 Å². The molecule has 0 heterocycles. The third-order valence-electron chi connectivity index (χ3n) is 3.52. The summed E-state index contributed by atoms with van der Waals surface area (Å²) in [4.78, 5) is 2.35. The van der Waals surface area contributed by atoms with Gasteiger partial charge in [0.1, 0.15) is 0 Å². The molecule has 2 nitrogen and oxygen atoms in total. The molecular weight excluding hydrogens is 246 g/mol. The number of aliphatic hydroxyl groups excluding tert-OH is 1. The third kappa shape index (κ3) is 6.06. The summed E-state index contributed by atoms with van der Waals surface area (Å²) >= 11 is 0. The highest BCUT2D eigenvalue weighted by Gasteiger charge is 2.12. The Morgan fingerprint density at radius 3 is 2.00 bits per heavy atom. The first kappa shape index (κ1) is 17.2. The van der Waals surface area contributed by atoms with E-state index in [0.29, 0.717) is 5.92 Å². The van der Waals surface area contributed by atoms with Gasteiger partial charge >= 0.3 is 0 Å². The fourth-order valence-electron chi connectivity index (χ4n) is 2.62. The van der Waals surface area contributed by atoms with Crippen LogP contribution in [-0.4, -0.2) is 29.6 Å². The molecule has 1 aromatic rings. The summed E-state index contributed by atoms with van der Waals surface area (Å²) in [6.07, 6.45) is 3.01. The number of benzene rings is 1. The molecule has 0 spiro atoms. The Balaban J connectivity index is 2.59. The molecule has 0 aliphatic heterocycles. The first-order valence-electron chi connectivity index (χ1n) is 8.06. The predicted molar refractivity (Wildman–Crippen MR) is 87.0 cm³/mol. The lowest BCUT2D eigenvalue weighted by atomic mass is 10.00. The highest BCUT2D eigenvalue weighted by molar-refractivity contribution is 5.24. The van der Waals surface area contributed by atoms with E-state index in [2.05, 4.69) is 56.9 Å². The molecule has 0 saturated heterocycles. The monoisotopic (exact) mass is 277 g/mol. The van der Waals surface area contributed by atoms with E-state index in [4.69, 9.17) is 0 Å². The normalized spacial score (nSPS) is 13.2. The number of hydrogen-bond acceptors (Lipinski definition) is 2. The van der Waals surface area contributed by atoms with Gasteiger partial charge in [-0.05, 0) is 49.4 Å². The minimum Gasteiger partial charge on any atom is -0.387 e. The third-order valence-corrected chi connectivity index (χ3v) is 3.52. The smallest absolute Gasteiger partial charge is 0.0916 e. The maximum Gasteiger partial charge on any atom is 0.0916 e. The van der Waals surface area contributed by atoms with E-state index in [0.717, 1.165) is 44.5 Å². The standard InChI is InChI=1S/C18H31NO/c1-5-11-19(12-6-2)14-18(20)17-9-7-16(8-10-17)13-15(3)4/h7-10,15,18,20H,5-6,11-14H2,1-4H3. The second-order valence-corrected chi connectivity index (χ2v) is 6.16. The van der Waals surface area contributed by atoms with Gasteiger partial charge in [0.25, 0.3) is 0 Å². The van der Waals surface area contributed by atoms with Crippen LogP contribution in [0.4, 0.5) is 0 Å². The van der Waals surface area contributed by atoms with E-state index in [9.17, 15) is 5.11 Å². The van der Waals surface area contributed by atoms with Crippen LogP contribution in [0.2, 0.25) is 0 Å². The van der Waals surface area contributed by atoms with Crippen molar-refractivity contribution in [3.05, 3.63) is 35.4 Å². The van der Waals surface area contributed by atoms with Crippen LogP contribution in [0.25, 0.3) is 0 Å². The fourth-order valence-corrected chi connectivity index (χ4v) is 2.62. The summed E-state index contributed by atoms with van der Waals surface area (Å²) in [5.41, 5.74) is 2.39. The Labute approximate surface area is 124 Å². The second kappa shape index (κ2) is 9.15. The average Bonchev–Trinajstić information content (AvgIpc) is 2.39. The average molecular weight is 277 g/mol. The second-order valence-electron chi connectivity index (χ2n) is 6.16. The van der Waals surface area contributed by atoms with E-state index in [1.165, 1.54) is 5.56 Å². The lowest BCUT2D eigenvalue weighted by Crippen LogP contribution is -2.30. The molecule has 2 heteroatoms. The molecule has 0 aromatic heterocycles. The molecule has 20 heavy (non-hydrogen) atoms. The molecule has 1 rings (SSSR count). The van der Waals surface area contributed by atoms with Crippen molar-refractivity contribution in [2.75, 3.05) is 19.6 Å². The van der Waals surface area contributed by atoms with Gasteiger partial charge in [0.2, 0.25) is 0 Å². The predicted octanol–water partition coefficient (Wildman–Crippen LogP) is 4.04. The zero-order chi connectivity index (χ0) is 15.0. The van der Waals surface area contributed by atoms with Gasteiger partial charge in [-0.1, -0.05) is 52.0 Å². The van der Waals surface area contributed by atoms with Crippen molar-refractivity contribution in [2.45, 2.75) is 53.1 Å². The molecule has 0 aliphatic rings. The van der Waals surface area contributed by atoms with E-state index >= 15 is 0 Å². The van der Waals surface area contributed by atoms with Gasteiger partial charge in [-0.3, -0.25) is 0 Å². The van der Waals surface area contributed by atoms with Crippen molar-refractivity contribution in [2.24, 2.45) is 5.92 Å². The molecule has 0 bridgehead atoms. The molecular formula is C18H31NO. The number of hydrogen-bond donors (Lipinski definition) is 1. The molecule has 1 unspecified atom stereocenters. The van der Waals surface area contributed by atoms with Crippen LogP contribution in [0.1, 0.15) is 57.8 Å². The molecule has 0 amide bonds. The minimum atomic E-state index is -0.374. The lowest BCUT2D eigenvalue weighted by Gasteiger charge is -2.24. The Morgan fingerprint density at radius 1 is 1.00 bits per heavy atom. The number of nitrogens with zero attached hydrogens (tertiary/aromatic N) is 1. The Morgan fingerprint density at radius 2 is 1.55 bits per heavy atom. The summed E-state index contributed by atoms with van der Waals surface area (Å²) < 4.78 is 0. The van der Waals surface area contributed by atoms with Gasteiger partial charge in [-0.15, -0.1) is 0 Å². The highest BCUT2D eigenvalue weighted by Crippen LogP contribution is 2.17. The zero-order valence-corrected chi connectivity index (χ0v) is 13.6. The highest BCUT2D eigenvalue weighted by atomic mass is 16.3. The summed E-state index contributed by atoms with van der Waals surface area (Å²) in [6, 6.07) is 8.47. The zero-order valence-electron chi connectivity index (χ0n) is 13.6. The van der Waals surface area contributed by atoms with Crippen molar-refractivity contribution in [1.82, 2.24) is 4.90 Å². The van der Waals surface area contributed by atoms with Crippen molar-refractivity contribution in [3.63, 3.8) is 0 Å². The molecule has 0 aliphatic carbocycles. The van der Waals surface area contributed by atoms with E-state index in [1.807, 2.05) is 0 Å². The summed E-state index contributed by atoms with van der Waals surface area (Å²) in [7, 11) is 0. The Bertz CT molecular complexity index is 352. The van der Waals surface area contributed by atoms with Crippen LogP contribution in [0, 0.1) is 5.92 Å². The molecule has 114 valence electrons.